The maximum absolute atomic E-state index is 14.4. The predicted octanol–water partition coefficient (Wildman–Crippen LogP) is 3.88. The molecule has 36 heavy (non-hydrogen) atoms. The second-order valence-electron chi connectivity index (χ2n) is 9.00. The van der Waals surface area contributed by atoms with Crippen LogP contribution in [0.4, 0.5) is 11.4 Å². The summed E-state index contributed by atoms with van der Waals surface area (Å²) in [6.45, 7) is 1.86. The zero-order chi connectivity index (χ0) is 25.4. The van der Waals surface area contributed by atoms with Gasteiger partial charge < -0.3 is 19.3 Å². The Bertz CT molecular complexity index is 1300. The molecule has 0 N–H and O–H groups in total. The maximum atomic E-state index is 14.4. The van der Waals surface area contributed by atoms with Gasteiger partial charge >= 0.3 is 11.9 Å². The number of rotatable bonds is 5. The van der Waals surface area contributed by atoms with Gasteiger partial charge in [-0.15, -0.1) is 0 Å². The van der Waals surface area contributed by atoms with Crippen LogP contribution >= 0.6 is 0 Å². The van der Waals surface area contributed by atoms with E-state index in [-0.39, 0.29) is 12.5 Å². The van der Waals surface area contributed by atoms with Gasteiger partial charge in [0.05, 0.1) is 19.8 Å². The molecule has 3 aromatic carbocycles. The third kappa shape index (κ3) is 3.22. The van der Waals surface area contributed by atoms with Crippen molar-refractivity contribution in [2.75, 3.05) is 30.6 Å². The van der Waals surface area contributed by atoms with Crippen LogP contribution in [0, 0.1) is 5.92 Å². The van der Waals surface area contributed by atoms with Crippen LogP contribution in [0.25, 0.3) is 0 Å². The number of hydrogen-bond acceptors (Lipinski definition) is 6. The standard InChI is InChI=1S/C29H28N2O5/c1-4-36-27(33)24-23(26(32)35-3)29(21-17-11-12-18-22(21)30(2)28(29)34)25(19-13-7-5-8-14-19)31(24)20-15-9-6-10-16-20/h5-18,23-25H,4H2,1-3H3/t23-,24-,25+,29+/m0/s1. The number of amides is 1. The average molecular weight is 485 g/mol. The predicted molar refractivity (Wildman–Crippen MR) is 136 cm³/mol. The molecule has 1 fully saturated rings. The summed E-state index contributed by atoms with van der Waals surface area (Å²) in [6, 6.07) is 24.6. The van der Waals surface area contributed by atoms with Gasteiger partial charge in [0.15, 0.2) is 0 Å². The van der Waals surface area contributed by atoms with E-state index >= 15 is 0 Å². The fourth-order valence-electron chi connectivity index (χ4n) is 6.03. The Labute approximate surface area is 210 Å². The molecule has 7 nitrogen and oxygen atoms in total. The van der Waals surface area contributed by atoms with Crippen molar-refractivity contribution >= 4 is 29.2 Å². The molecule has 2 aliphatic rings. The lowest BCUT2D eigenvalue weighted by Gasteiger charge is -2.37. The minimum atomic E-state index is -1.42. The molecular weight excluding hydrogens is 456 g/mol. The van der Waals surface area contributed by atoms with E-state index in [2.05, 4.69) is 0 Å². The summed E-state index contributed by atoms with van der Waals surface area (Å²) in [5.41, 5.74) is 1.48. The first-order valence-electron chi connectivity index (χ1n) is 12.0. The Kier molecular flexibility index (Phi) is 6.00. The summed E-state index contributed by atoms with van der Waals surface area (Å²) < 4.78 is 10.8. The van der Waals surface area contributed by atoms with Gasteiger partial charge in [0.25, 0.3) is 0 Å². The number of fused-ring (bicyclic) bond motifs is 2. The monoisotopic (exact) mass is 484 g/mol. The summed E-state index contributed by atoms with van der Waals surface area (Å²) in [4.78, 5) is 45.3. The van der Waals surface area contributed by atoms with Gasteiger partial charge in [-0.1, -0.05) is 66.7 Å². The highest BCUT2D eigenvalue weighted by atomic mass is 16.5. The van der Waals surface area contributed by atoms with Gasteiger partial charge in [-0.3, -0.25) is 9.59 Å². The number of nitrogens with zero attached hydrogens (tertiary/aromatic N) is 2. The summed E-state index contributed by atoms with van der Waals surface area (Å²) >= 11 is 0. The van der Waals surface area contributed by atoms with Crippen LogP contribution in [-0.4, -0.2) is 44.7 Å². The van der Waals surface area contributed by atoms with Crippen molar-refractivity contribution in [3.63, 3.8) is 0 Å². The second kappa shape index (κ2) is 9.15. The minimum absolute atomic E-state index is 0.138. The van der Waals surface area contributed by atoms with E-state index in [4.69, 9.17) is 9.47 Å². The zero-order valence-corrected chi connectivity index (χ0v) is 20.5. The fourth-order valence-corrected chi connectivity index (χ4v) is 6.03. The van der Waals surface area contributed by atoms with E-state index in [9.17, 15) is 14.4 Å². The number of para-hydroxylation sites is 2. The molecule has 3 aromatic rings. The third-order valence-electron chi connectivity index (χ3n) is 7.34. The van der Waals surface area contributed by atoms with Crippen LogP contribution in [0.3, 0.4) is 0 Å². The number of methoxy groups -OCH3 is 1. The van der Waals surface area contributed by atoms with Crippen LogP contribution in [0.15, 0.2) is 84.9 Å². The van der Waals surface area contributed by atoms with Gasteiger partial charge in [-0.05, 0) is 36.2 Å². The number of esters is 2. The number of hydrogen-bond donors (Lipinski definition) is 0. The molecule has 2 heterocycles. The topological polar surface area (TPSA) is 76.2 Å². The van der Waals surface area contributed by atoms with Gasteiger partial charge in [0.2, 0.25) is 5.91 Å². The van der Waals surface area contributed by atoms with E-state index in [0.717, 1.165) is 5.56 Å². The molecule has 1 amide bonds. The lowest BCUT2D eigenvalue weighted by molar-refractivity contribution is -0.156. The van der Waals surface area contributed by atoms with Gasteiger partial charge in [0, 0.05) is 18.4 Å². The largest absolute Gasteiger partial charge is 0.469 e. The van der Waals surface area contributed by atoms with E-state index in [1.54, 1.807) is 18.9 Å². The number of benzene rings is 3. The number of carbonyl (C=O) groups is 3. The first-order chi connectivity index (χ1) is 17.5. The summed E-state index contributed by atoms with van der Waals surface area (Å²) in [7, 11) is 2.99. The molecule has 2 aliphatic heterocycles. The highest BCUT2D eigenvalue weighted by Gasteiger charge is 2.72. The minimum Gasteiger partial charge on any atom is -0.469 e. The summed E-state index contributed by atoms with van der Waals surface area (Å²) in [5.74, 6) is -2.62. The Morgan fingerprint density at radius 3 is 2.14 bits per heavy atom. The third-order valence-corrected chi connectivity index (χ3v) is 7.34. The van der Waals surface area contributed by atoms with Crippen molar-refractivity contribution < 1.29 is 23.9 Å². The maximum Gasteiger partial charge on any atom is 0.329 e. The average Bonchev–Trinajstić information content (AvgIpc) is 3.36. The van der Waals surface area contributed by atoms with E-state index in [1.807, 2.05) is 89.8 Å². The van der Waals surface area contributed by atoms with Gasteiger partial charge in [-0.2, -0.15) is 0 Å². The molecule has 5 rings (SSSR count). The summed E-state index contributed by atoms with van der Waals surface area (Å²) in [6.07, 6.45) is 0. The Balaban J connectivity index is 1.91. The smallest absolute Gasteiger partial charge is 0.329 e. The van der Waals surface area contributed by atoms with Crippen molar-refractivity contribution in [3.05, 3.63) is 96.1 Å². The van der Waals surface area contributed by atoms with Crippen molar-refractivity contribution in [3.8, 4) is 0 Å². The zero-order valence-electron chi connectivity index (χ0n) is 20.5. The molecule has 0 aliphatic carbocycles. The Morgan fingerprint density at radius 2 is 1.50 bits per heavy atom. The molecule has 0 saturated carbocycles. The molecule has 184 valence electrons. The number of carbonyl (C=O) groups excluding carboxylic acids is 3. The lowest BCUT2D eigenvalue weighted by Crippen LogP contribution is -2.51. The summed E-state index contributed by atoms with van der Waals surface area (Å²) in [5, 5.41) is 0. The quantitative estimate of drug-likeness (QED) is 0.512. The first-order valence-corrected chi connectivity index (χ1v) is 12.0. The van der Waals surface area contributed by atoms with Gasteiger partial charge in [0.1, 0.15) is 17.4 Å². The van der Waals surface area contributed by atoms with Crippen molar-refractivity contribution in [2.24, 2.45) is 5.92 Å². The molecule has 0 bridgehead atoms. The molecule has 7 heteroatoms. The normalized spacial score (nSPS) is 24.6. The van der Waals surface area contributed by atoms with Crippen LogP contribution < -0.4 is 9.80 Å². The van der Waals surface area contributed by atoms with Crippen LogP contribution in [0.2, 0.25) is 0 Å². The Hall–Kier alpha value is -4.13. The van der Waals surface area contributed by atoms with E-state index in [0.29, 0.717) is 16.9 Å². The second-order valence-corrected chi connectivity index (χ2v) is 9.00. The Morgan fingerprint density at radius 1 is 0.889 bits per heavy atom. The van der Waals surface area contributed by atoms with Crippen LogP contribution in [0.1, 0.15) is 24.1 Å². The van der Waals surface area contributed by atoms with E-state index < -0.39 is 35.4 Å². The van der Waals surface area contributed by atoms with Crippen LogP contribution in [0.5, 0.6) is 0 Å². The van der Waals surface area contributed by atoms with E-state index in [1.165, 1.54) is 7.11 Å². The molecule has 1 saturated heterocycles. The fraction of sp³-hybridized carbons (Fsp3) is 0.276. The first kappa shape index (κ1) is 23.6. The number of ether oxygens (including phenoxy) is 2. The van der Waals surface area contributed by atoms with Crippen molar-refractivity contribution in [1.82, 2.24) is 0 Å². The van der Waals surface area contributed by atoms with Crippen molar-refractivity contribution in [1.29, 1.82) is 0 Å². The molecule has 0 aromatic heterocycles. The molecule has 0 radical (unpaired) electrons. The van der Waals surface area contributed by atoms with Crippen molar-refractivity contribution in [2.45, 2.75) is 24.4 Å². The number of likely N-dealkylation sites (N-methyl/N-ethyl adjacent to an activating group) is 1. The molecular formula is C29H28N2O5. The molecule has 0 unspecified atom stereocenters. The highest BCUT2D eigenvalue weighted by Crippen LogP contribution is 2.62. The SMILES string of the molecule is CCOC(=O)[C@@H]1[C@@H](C(=O)OC)[C@@]2(C(=O)N(C)c3ccccc32)[C@@H](c2ccccc2)N1c1ccccc1. The number of anilines is 2. The molecule has 4 atom stereocenters. The van der Waals surface area contributed by atoms with Gasteiger partial charge in [-0.25, -0.2) is 4.79 Å². The highest BCUT2D eigenvalue weighted by molar-refractivity contribution is 6.13. The lowest BCUT2D eigenvalue weighted by atomic mass is 9.65. The molecule has 1 spiro atoms. The van der Waals surface area contributed by atoms with Crippen LogP contribution in [-0.2, 0) is 29.3 Å².